The highest BCUT2D eigenvalue weighted by molar-refractivity contribution is 7.11. The maximum Gasteiger partial charge on any atom is 0.319 e. The number of nitrogens with two attached hydrogens (primary N) is 1. The third kappa shape index (κ3) is 4.08. The smallest absolute Gasteiger partial charge is 0.319 e. The topological polar surface area (TPSA) is 84.2 Å². The Hall–Kier alpha value is -2.34. The van der Waals surface area contributed by atoms with Crippen molar-refractivity contribution in [3.05, 3.63) is 51.2 Å². The van der Waals surface area contributed by atoms with Gasteiger partial charge in [-0.3, -0.25) is 4.79 Å². The van der Waals surface area contributed by atoms with Crippen LogP contribution in [-0.4, -0.2) is 11.9 Å². The highest BCUT2D eigenvalue weighted by Gasteiger charge is 2.07. The van der Waals surface area contributed by atoms with Crippen LogP contribution in [0.4, 0.5) is 10.5 Å². The van der Waals surface area contributed by atoms with Gasteiger partial charge in [0.2, 0.25) is 5.91 Å². The summed E-state index contributed by atoms with van der Waals surface area (Å²) in [7, 11) is 0. The second-order valence-corrected chi connectivity index (χ2v) is 6.18. The summed E-state index contributed by atoms with van der Waals surface area (Å²) in [6, 6.07) is 8.81. The van der Waals surface area contributed by atoms with E-state index >= 15 is 0 Å². The third-order valence-electron chi connectivity index (χ3n) is 3.24. The van der Waals surface area contributed by atoms with Crippen LogP contribution < -0.4 is 16.4 Å². The molecule has 0 aliphatic rings. The van der Waals surface area contributed by atoms with E-state index in [0.29, 0.717) is 17.8 Å². The Morgan fingerprint density at radius 1 is 1.18 bits per heavy atom. The van der Waals surface area contributed by atoms with E-state index in [1.165, 1.54) is 4.88 Å². The van der Waals surface area contributed by atoms with Crippen molar-refractivity contribution in [3.8, 4) is 0 Å². The number of amides is 3. The summed E-state index contributed by atoms with van der Waals surface area (Å²) < 4.78 is 0. The van der Waals surface area contributed by atoms with Gasteiger partial charge in [-0.25, -0.2) is 4.79 Å². The molecular formula is C16H19N3O2S. The quantitative estimate of drug-likeness (QED) is 0.792. The van der Waals surface area contributed by atoms with Crippen LogP contribution in [0.3, 0.4) is 0 Å². The Labute approximate surface area is 133 Å². The van der Waals surface area contributed by atoms with Crippen LogP contribution in [-0.2, 0) is 13.0 Å². The normalized spacial score (nSPS) is 10.3. The van der Waals surface area contributed by atoms with Crippen LogP contribution in [0.5, 0.6) is 0 Å². The molecule has 116 valence electrons. The number of primary amides is 1. The Bertz CT molecular complexity index is 694. The van der Waals surface area contributed by atoms with Gasteiger partial charge in [0.15, 0.2) is 0 Å². The van der Waals surface area contributed by atoms with E-state index in [0.717, 1.165) is 16.9 Å². The molecule has 0 saturated carbocycles. The molecule has 4 N–H and O–H groups in total. The minimum absolute atomic E-state index is 0.280. The molecule has 5 nitrogen and oxygen atoms in total. The first kappa shape index (κ1) is 16.0. The SMILES string of the molecule is CCc1ccc(CNC(=O)Nc2ccc(C(N)=O)c(C)c2)s1. The van der Waals surface area contributed by atoms with Gasteiger partial charge in [-0.2, -0.15) is 0 Å². The number of benzene rings is 1. The monoisotopic (exact) mass is 317 g/mol. The minimum Gasteiger partial charge on any atom is -0.366 e. The van der Waals surface area contributed by atoms with Gasteiger partial charge in [0, 0.05) is 21.0 Å². The number of anilines is 1. The average molecular weight is 317 g/mol. The van der Waals surface area contributed by atoms with Gasteiger partial charge in [-0.05, 0) is 49.2 Å². The van der Waals surface area contributed by atoms with Gasteiger partial charge in [0.1, 0.15) is 0 Å². The molecule has 0 aliphatic heterocycles. The molecule has 0 aliphatic carbocycles. The Morgan fingerprint density at radius 3 is 2.50 bits per heavy atom. The number of hydrogen-bond donors (Lipinski definition) is 3. The fourth-order valence-electron chi connectivity index (χ4n) is 2.07. The predicted molar refractivity (Wildman–Crippen MR) is 89.3 cm³/mol. The summed E-state index contributed by atoms with van der Waals surface area (Å²) >= 11 is 1.69. The lowest BCUT2D eigenvalue weighted by molar-refractivity contribution is 0.0999. The minimum atomic E-state index is -0.474. The van der Waals surface area contributed by atoms with Gasteiger partial charge < -0.3 is 16.4 Å². The highest BCUT2D eigenvalue weighted by atomic mass is 32.1. The second-order valence-electron chi connectivity index (χ2n) is 4.92. The van der Waals surface area contributed by atoms with E-state index in [2.05, 4.69) is 23.6 Å². The van der Waals surface area contributed by atoms with E-state index in [4.69, 9.17) is 5.73 Å². The van der Waals surface area contributed by atoms with Gasteiger partial charge in [0.05, 0.1) is 6.54 Å². The first-order chi connectivity index (χ1) is 10.5. The van der Waals surface area contributed by atoms with Crippen molar-refractivity contribution in [1.29, 1.82) is 0 Å². The number of aryl methyl sites for hydroxylation is 2. The van der Waals surface area contributed by atoms with Crippen LogP contribution in [0.2, 0.25) is 0 Å². The fraction of sp³-hybridized carbons (Fsp3) is 0.250. The molecule has 2 rings (SSSR count). The van der Waals surface area contributed by atoms with Gasteiger partial charge in [0.25, 0.3) is 0 Å². The van der Waals surface area contributed by atoms with Crippen molar-refractivity contribution in [1.82, 2.24) is 5.32 Å². The molecule has 2 aromatic rings. The van der Waals surface area contributed by atoms with Crippen molar-refractivity contribution >= 4 is 29.0 Å². The summed E-state index contributed by atoms with van der Waals surface area (Å²) in [6.45, 7) is 4.38. The Morgan fingerprint density at radius 2 is 1.91 bits per heavy atom. The average Bonchev–Trinajstić information content (AvgIpc) is 2.93. The zero-order valence-electron chi connectivity index (χ0n) is 12.6. The van der Waals surface area contributed by atoms with Crippen molar-refractivity contribution < 1.29 is 9.59 Å². The van der Waals surface area contributed by atoms with Gasteiger partial charge >= 0.3 is 6.03 Å². The summed E-state index contributed by atoms with van der Waals surface area (Å²) in [6.07, 6.45) is 1.00. The van der Waals surface area contributed by atoms with Crippen LogP contribution in [0.1, 0.15) is 32.6 Å². The van der Waals surface area contributed by atoms with Crippen LogP contribution in [0, 0.1) is 6.92 Å². The van der Waals surface area contributed by atoms with E-state index in [-0.39, 0.29) is 6.03 Å². The molecule has 22 heavy (non-hydrogen) atoms. The lowest BCUT2D eigenvalue weighted by Crippen LogP contribution is -2.28. The molecule has 0 spiro atoms. The first-order valence-corrected chi connectivity index (χ1v) is 7.84. The summed E-state index contributed by atoms with van der Waals surface area (Å²) in [5.74, 6) is -0.474. The lowest BCUT2D eigenvalue weighted by Gasteiger charge is -2.09. The van der Waals surface area contributed by atoms with Crippen molar-refractivity contribution in [3.63, 3.8) is 0 Å². The zero-order valence-corrected chi connectivity index (χ0v) is 13.4. The Kier molecular flexibility index (Phi) is 5.16. The highest BCUT2D eigenvalue weighted by Crippen LogP contribution is 2.17. The third-order valence-corrected chi connectivity index (χ3v) is 4.47. The fourth-order valence-corrected chi connectivity index (χ4v) is 2.97. The molecule has 6 heteroatoms. The van der Waals surface area contributed by atoms with Crippen molar-refractivity contribution in [2.45, 2.75) is 26.8 Å². The zero-order chi connectivity index (χ0) is 16.1. The van der Waals surface area contributed by atoms with E-state index in [1.807, 2.05) is 6.07 Å². The maximum absolute atomic E-state index is 11.9. The number of carbonyl (C=O) groups excluding carboxylic acids is 2. The number of urea groups is 1. The molecule has 0 atom stereocenters. The molecule has 0 fully saturated rings. The first-order valence-electron chi connectivity index (χ1n) is 7.02. The number of rotatable bonds is 5. The van der Waals surface area contributed by atoms with Crippen molar-refractivity contribution in [2.24, 2.45) is 5.73 Å². The molecule has 1 aromatic heterocycles. The second kappa shape index (κ2) is 7.09. The lowest BCUT2D eigenvalue weighted by atomic mass is 10.1. The molecule has 0 unspecified atom stereocenters. The molecule has 3 amide bonds. The Balaban J connectivity index is 1.91. The van der Waals surface area contributed by atoms with Crippen molar-refractivity contribution in [2.75, 3.05) is 5.32 Å². The summed E-state index contributed by atoms with van der Waals surface area (Å²) in [4.78, 5) is 25.5. The maximum atomic E-state index is 11.9. The van der Waals surface area contributed by atoms with E-state index in [1.54, 1.807) is 36.5 Å². The van der Waals surface area contributed by atoms with Crippen LogP contribution in [0.15, 0.2) is 30.3 Å². The summed E-state index contributed by atoms with van der Waals surface area (Å²) in [5, 5.41) is 5.55. The molecular weight excluding hydrogens is 298 g/mol. The molecule has 0 bridgehead atoms. The summed E-state index contributed by atoms with van der Waals surface area (Å²) in [5.41, 5.74) is 7.07. The number of thiophene rings is 1. The molecule has 0 saturated heterocycles. The van der Waals surface area contributed by atoms with E-state index < -0.39 is 5.91 Å². The molecule has 0 radical (unpaired) electrons. The van der Waals surface area contributed by atoms with Crippen LogP contribution in [0.25, 0.3) is 0 Å². The van der Waals surface area contributed by atoms with E-state index in [9.17, 15) is 9.59 Å². The predicted octanol–water partition coefficient (Wildman–Crippen LogP) is 3.04. The van der Waals surface area contributed by atoms with Gasteiger partial charge in [-0.1, -0.05) is 6.92 Å². The standard InChI is InChI=1S/C16H19N3O2S/c1-3-12-5-6-13(22-12)9-18-16(21)19-11-4-7-14(15(17)20)10(2)8-11/h4-8H,3,9H2,1-2H3,(H2,17,20)(H2,18,19,21). The number of nitrogens with one attached hydrogen (secondary N) is 2. The van der Waals surface area contributed by atoms with Gasteiger partial charge in [-0.15, -0.1) is 11.3 Å². The largest absolute Gasteiger partial charge is 0.366 e. The molecule has 1 heterocycles. The van der Waals surface area contributed by atoms with Crippen LogP contribution >= 0.6 is 11.3 Å². The number of carbonyl (C=O) groups is 2. The molecule has 1 aromatic carbocycles. The number of hydrogen-bond acceptors (Lipinski definition) is 3.